The van der Waals surface area contributed by atoms with E-state index in [2.05, 4.69) is 6.07 Å². The number of carbonyl (C=O) groups is 2. The van der Waals surface area contributed by atoms with Gasteiger partial charge in [-0.1, -0.05) is 42.5 Å². The van der Waals surface area contributed by atoms with Crippen LogP contribution >= 0.6 is 0 Å². The van der Waals surface area contributed by atoms with Crippen molar-refractivity contribution in [2.75, 3.05) is 19.6 Å². The SMILES string of the molecule is O=C(CCN1Cc2ccccc2C1=O)N1CC[C@H](Cc2cccc(CO)c2)C1. The molecular formula is C23H26N2O3. The summed E-state index contributed by atoms with van der Waals surface area (Å²) in [6.45, 7) is 2.70. The molecule has 5 heteroatoms. The summed E-state index contributed by atoms with van der Waals surface area (Å²) >= 11 is 0. The van der Waals surface area contributed by atoms with Crippen molar-refractivity contribution in [2.24, 2.45) is 5.92 Å². The predicted octanol–water partition coefficient (Wildman–Crippen LogP) is 2.62. The maximum atomic E-state index is 12.6. The van der Waals surface area contributed by atoms with Gasteiger partial charge in [-0.3, -0.25) is 9.59 Å². The number of aliphatic hydroxyl groups excluding tert-OH is 1. The molecule has 0 aliphatic carbocycles. The normalized spacial score (nSPS) is 18.6. The molecule has 1 N–H and O–H groups in total. The monoisotopic (exact) mass is 378 g/mol. The van der Waals surface area contributed by atoms with Crippen LogP contribution in [0.2, 0.25) is 0 Å². The van der Waals surface area contributed by atoms with Crippen molar-refractivity contribution in [3.8, 4) is 0 Å². The Labute approximate surface area is 165 Å². The van der Waals surface area contributed by atoms with Crippen LogP contribution < -0.4 is 0 Å². The van der Waals surface area contributed by atoms with Crippen LogP contribution in [0.4, 0.5) is 0 Å². The van der Waals surface area contributed by atoms with Gasteiger partial charge in [-0.15, -0.1) is 0 Å². The standard InChI is InChI=1S/C23H26N2O3/c26-16-19-5-3-4-17(13-19)12-18-8-10-24(14-18)22(27)9-11-25-15-20-6-1-2-7-21(20)23(25)28/h1-7,13,18,26H,8-12,14-16H2/t18-/m1/s1. The summed E-state index contributed by atoms with van der Waals surface area (Å²) in [5.41, 5.74) is 3.96. The molecule has 0 aromatic heterocycles. The highest BCUT2D eigenvalue weighted by atomic mass is 16.3. The molecule has 4 rings (SSSR count). The number of aliphatic hydroxyl groups is 1. The van der Waals surface area contributed by atoms with E-state index < -0.39 is 0 Å². The van der Waals surface area contributed by atoms with Gasteiger partial charge in [-0.05, 0) is 41.5 Å². The molecule has 0 radical (unpaired) electrons. The Morgan fingerprint density at radius 3 is 2.75 bits per heavy atom. The molecule has 0 unspecified atom stereocenters. The van der Waals surface area contributed by atoms with Crippen molar-refractivity contribution >= 4 is 11.8 Å². The Bertz CT molecular complexity index is 880. The fourth-order valence-corrected chi connectivity index (χ4v) is 4.30. The molecule has 2 amide bonds. The van der Waals surface area contributed by atoms with E-state index in [1.807, 2.05) is 47.4 Å². The number of benzene rings is 2. The fraction of sp³-hybridized carbons (Fsp3) is 0.391. The molecule has 28 heavy (non-hydrogen) atoms. The third kappa shape index (κ3) is 3.94. The summed E-state index contributed by atoms with van der Waals surface area (Å²) in [6, 6.07) is 15.7. The molecule has 2 aliphatic rings. The molecule has 1 atom stereocenters. The maximum absolute atomic E-state index is 12.6. The third-order valence-electron chi connectivity index (χ3n) is 5.83. The van der Waals surface area contributed by atoms with Crippen molar-refractivity contribution in [2.45, 2.75) is 32.4 Å². The van der Waals surface area contributed by atoms with Gasteiger partial charge >= 0.3 is 0 Å². The fourth-order valence-electron chi connectivity index (χ4n) is 4.30. The largest absolute Gasteiger partial charge is 0.392 e. The quantitative estimate of drug-likeness (QED) is 0.841. The molecule has 0 spiro atoms. The van der Waals surface area contributed by atoms with Gasteiger partial charge in [0.25, 0.3) is 5.91 Å². The van der Waals surface area contributed by atoms with Gasteiger partial charge in [0.1, 0.15) is 0 Å². The van der Waals surface area contributed by atoms with Gasteiger partial charge in [0.15, 0.2) is 0 Å². The van der Waals surface area contributed by atoms with Gasteiger partial charge < -0.3 is 14.9 Å². The number of amides is 2. The lowest BCUT2D eigenvalue weighted by Gasteiger charge is -2.20. The molecule has 2 aromatic rings. The Balaban J connectivity index is 1.27. The summed E-state index contributed by atoms with van der Waals surface area (Å²) in [7, 11) is 0. The first-order chi connectivity index (χ1) is 13.6. The van der Waals surface area contributed by atoms with Crippen LogP contribution in [-0.4, -0.2) is 46.4 Å². The Morgan fingerprint density at radius 2 is 1.93 bits per heavy atom. The van der Waals surface area contributed by atoms with Crippen LogP contribution in [0.25, 0.3) is 0 Å². The second kappa shape index (κ2) is 8.15. The van der Waals surface area contributed by atoms with Crippen molar-refractivity contribution < 1.29 is 14.7 Å². The molecule has 146 valence electrons. The minimum atomic E-state index is 0.0338. The van der Waals surface area contributed by atoms with Crippen molar-refractivity contribution in [3.63, 3.8) is 0 Å². The molecule has 0 saturated carbocycles. The zero-order valence-corrected chi connectivity index (χ0v) is 16.0. The number of carbonyl (C=O) groups excluding carboxylic acids is 2. The van der Waals surface area contributed by atoms with Crippen LogP contribution in [0.1, 0.15) is 39.9 Å². The average molecular weight is 378 g/mol. The summed E-state index contributed by atoms with van der Waals surface area (Å²) in [6.07, 6.45) is 2.31. The Morgan fingerprint density at radius 1 is 1.11 bits per heavy atom. The highest BCUT2D eigenvalue weighted by Gasteiger charge is 2.29. The smallest absolute Gasteiger partial charge is 0.254 e. The van der Waals surface area contributed by atoms with Crippen LogP contribution in [0.5, 0.6) is 0 Å². The Kier molecular flexibility index (Phi) is 5.44. The van der Waals surface area contributed by atoms with Crippen LogP contribution in [0.3, 0.4) is 0 Å². The summed E-state index contributed by atoms with van der Waals surface area (Å²) in [4.78, 5) is 28.8. The second-order valence-corrected chi connectivity index (χ2v) is 7.81. The van der Waals surface area contributed by atoms with E-state index in [0.29, 0.717) is 25.4 Å². The van der Waals surface area contributed by atoms with E-state index in [1.54, 1.807) is 4.90 Å². The van der Waals surface area contributed by atoms with Crippen molar-refractivity contribution in [1.82, 2.24) is 9.80 Å². The van der Waals surface area contributed by atoms with E-state index in [-0.39, 0.29) is 18.4 Å². The van der Waals surface area contributed by atoms with E-state index in [1.165, 1.54) is 5.56 Å². The third-order valence-corrected chi connectivity index (χ3v) is 5.83. The highest BCUT2D eigenvalue weighted by Crippen LogP contribution is 2.24. The number of hydrogen-bond donors (Lipinski definition) is 1. The molecule has 1 saturated heterocycles. The first-order valence-corrected chi connectivity index (χ1v) is 9.97. The summed E-state index contributed by atoms with van der Waals surface area (Å²) in [5.74, 6) is 0.623. The zero-order chi connectivity index (χ0) is 19.5. The number of hydrogen-bond acceptors (Lipinski definition) is 3. The molecule has 1 fully saturated rings. The number of likely N-dealkylation sites (tertiary alicyclic amines) is 1. The van der Waals surface area contributed by atoms with E-state index >= 15 is 0 Å². The molecule has 2 heterocycles. The summed E-state index contributed by atoms with van der Waals surface area (Å²) in [5, 5.41) is 9.28. The highest BCUT2D eigenvalue weighted by molar-refractivity contribution is 5.98. The van der Waals surface area contributed by atoms with Crippen LogP contribution in [0.15, 0.2) is 48.5 Å². The molecule has 0 bridgehead atoms. The van der Waals surface area contributed by atoms with E-state index in [4.69, 9.17) is 0 Å². The summed E-state index contributed by atoms with van der Waals surface area (Å²) < 4.78 is 0. The average Bonchev–Trinajstić information content (AvgIpc) is 3.31. The first-order valence-electron chi connectivity index (χ1n) is 9.97. The van der Waals surface area contributed by atoms with Gasteiger partial charge in [0.2, 0.25) is 5.91 Å². The topological polar surface area (TPSA) is 60.9 Å². The van der Waals surface area contributed by atoms with Crippen molar-refractivity contribution in [1.29, 1.82) is 0 Å². The van der Waals surface area contributed by atoms with Crippen LogP contribution in [0, 0.1) is 5.92 Å². The number of rotatable bonds is 6. The lowest BCUT2D eigenvalue weighted by atomic mass is 9.97. The minimum Gasteiger partial charge on any atom is -0.392 e. The molecule has 2 aliphatic heterocycles. The van der Waals surface area contributed by atoms with E-state index in [0.717, 1.165) is 42.6 Å². The number of nitrogens with zero attached hydrogens (tertiary/aromatic N) is 2. The van der Waals surface area contributed by atoms with Gasteiger partial charge in [-0.25, -0.2) is 0 Å². The molecular weight excluding hydrogens is 352 g/mol. The number of fused-ring (bicyclic) bond motifs is 1. The second-order valence-electron chi connectivity index (χ2n) is 7.81. The van der Waals surface area contributed by atoms with Crippen molar-refractivity contribution in [3.05, 3.63) is 70.8 Å². The van der Waals surface area contributed by atoms with E-state index in [9.17, 15) is 14.7 Å². The van der Waals surface area contributed by atoms with Gasteiger partial charge in [0.05, 0.1) is 6.61 Å². The lowest BCUT2D eigenvalue weighted by Crippen LogP contribution is -2.33. The minimum absolute atomic E-state index is 0.0338. The lowest BCUT2D eigenvalue weighted by molar-refractivity contribution is -0.130. The molecule has 2 aromatic carbocycles. The maximum Gasteiger partial charge on any atom is 0.254 e. The Hall–Kier alpha value is -2.66. The van der Waals surface area contributed by atoms with Gasteiger partial charge in [-0.2, -0.15) is 0 Å². The molecule has 5 nitrogen and oxygen atoms in total. The predicted molar refractivity (Wildman–Crippen MR) is 107 cm³/mol. The van der Waals surface area contributed by atoms with Crippen LogP contribution in [-0.2, 0) is 24.4 Å². The van der Waals surface area contributed by atoms with Gasteiger partial charge in [0, 0.05) is 38.2 Å². The zero-order valence-electron chi connectivity index (χ0n) is 16.0. The first kappa shape index (κ1) is 18.7.